The third-order valence-electron chi connectivity index (χ3n) is 6.78. The van der Waals surface area contributed by atoms with Crippen LogP contribution < -0.4 is 21.3 Å². The van der Waals surface area contributed by atoms with Gasteiger partial charge in [0.2, 0.25) is 10.0 Å². The Morgan fingerprint density at radius 2 is 1.69 bits per heavy atom. The third kappa shape index (κ3) is 6.23. The quantitative estimate of drug-likeness (QED) is 0.409. The SMILES string of the molecule is CCc1nc(C(N)=O)c(Nc2ccc(N3CCN(S(C)(=O)=O)CC3)cc2)nc1NC1CCC(O)CC1. The number of aryl methyl sites for hydroxylation is 1. The number of hydrogen-bond donors (Lipinski definition) is 4. The second kappa shape index (κ2) is 11.0. The minimum absolute atomic E-state index is 0.0810. The molecule has 1 amide bonds. The molecular weight excluding hydrogens is 482 g/mol. The Bertz CT molecular complexity index is 1170. The lowest BCUT2D eigenvalue weighted by molar-refractivity contribution is 0.0995. The summed E-state index contributed by atoms with van der Waals surface area (Å²) in [5.74, 6) is 0.242. The normalized spacial score (nSPS) is 21.2. The summed E-state index contributed by atoms with van der Waals surface area (Å²) in [6.45, 7) is 4.09. The molecule has 4 rings (SSSR count). The second-order valence-corrected chi connectivity index (χ2v) is 11.4. The number of benzene rings is 1. The predicted octanol–water partition coefficient (Wildman–Crippen LogP) is 1.68. The van der Waals surface area contributed by atoms with Gasteiger partial charge in [-0.3, -0.25) is 4.79 Å². The van der Waals surface area contributed by atoms with Gasteiger partial charge in [0.1, 0.15) is 5.82 Å². The maximum absolute atomic E-state index is 12.2. The molecule has 1 aromatic heterocycles. The van der Waals surface area contributed by atoms with E-state index in [1.54, 1.807) is 0 Å². The van der Waals surface area contributed by atoms with Crippen LogP contribution >= 0.6 is 0 Å². The first-order chi connectivity index (χ1) is 17.1. The van der Waals surface area contributed by atoms with Gasteiger partial charge in [0.25, 0.3) is 5.91 Å². The fourth-order valence-corrected chi connectivity index (χ4v) is 5.50. The molecule has 0 atom stereocenters. The van der Waals surface area contributed by atoms with Crippen molar-refractivity contribution < 1.29 is 18.3 Å². The fraction of sp³-hybridized carbons (Fsp3) is 0.542. The van der Waals surface area contributed by atoms with Gasteiger partial charge in [0.05, 0.1) is 18.1 Å². The number of aliphatic hydroxyl groups excluding tert-OH is 1. The highest BCUT2D eigenvalue weighted by molar-refractivity contribution is 7.88. The predicted molar refractivity (Wildman–Crippen MR) is 140 cm³/mol. The van der Waals surface area contributed by atoms with Gasteiger partial charge in [0, 0.05) is 43.6 Å². The van der Waals surface area contributed by atoms with Crippen LogP contribution in [-0.4, -0.2) is 78.3 Å². The zero-order valence-corrected chi connectivity index (χ0v) is 21.6. The largest absolute Gasteiger partial charge is 0.393 e. The van der Waals surface area contributed by atoms with E-state index in [1.807, 2.05) is 31.2 Å². The monoisotopic (exact) mass is 517 g/mol. The van der Waals surface area contributed by atoms with Gasteiger partial charge in [-0.2, -0.15) is 4.31 Å². The smallest absolute Gasteiger partial charge is 0.271 e. The standard InChI is InChI=1S/C24H35N7O4S/c1-3-20-23(26-17-6-10-19(32)11-7-17)29-24(21(28-20)22(25)33)27-16-4-8-18(9-5-16)30-12-14-31(15-13-30)36(2,34)35/h4-5,8-9,17,19,32H,3,6-7,10-15H2,1-2H3,(H2,25,33)(H2,26,27,29). The number of amides is 1. The maximum atomic E-state index is 12.2. The Hall–Kier alpha value is -2.96. The number of hydrogen-bond acceptors (Lipinski definition) is 9. The van der Waals surface area contributed by atoms with E-state index in [4.69, 9.17) is 10.7 Å². The van der Waals surface area contributed by atoms with Crippen molar-refractivity contribution in [1.82, 2.24) is 14.3 Å². The molecule has 5 N–H and O–H groups in total. The van der Waals surface area contributed by atoms with E-state index in [0.717, 1.165) is 37.1 Å². The Labute approximate surface area is 212 Å². The van der Waals surface area contributed by atoms with E-state index in [1.165, 1.54) is 10.6 Å². The van der Waals surface area contributed by atoms with E-state index < -0.39 is 15.9 Å². The number of anilines is 4. The molecule has 36 heavy (non-hydrogen) atoms. The van der Waals surface area contributed by atoms with Crippen molar-refractivity contribution in [2.24, 2.45) is 5.73 Å². The molecule has 2 fully saturated rings. The summed E-state index contributed by atoms with van der Waals surface area (Å²) in [5.41, 5.74) is 8.08. The average molecular weight is 518 g/mol. The van der Waals surface area contributed by atoms with E-state index in [2.05, 4.69) is 20.5 Å². The maximum Gasteiger partial charge on any atom is 0.271 e. The Morgan fingerprint density at radius 1 is 1.06 bits per heavy atom. The number of primary amides is 1. The molecule has 2 aliphatic rings. The number of nitrogens with zero attached hydrogens (tertiary/aromatic N) is 4. The van der Waals surface area contributed by atoms with E-state index in [9.17, 15) is 18.3 Å². The highest BCUT2D eigenvalue weighted by atomic mass is 32.2. The van der Waals surface area contributed by atoms with Crippen molar-refractivity contribution in [1.29, 1.82) is 0 Å². The first-order valence-corrected chi connectivity index (χ1v) is 14.2. The van der Waals surface area contributed by atoms with Crippen LogP contribution in [0.1, 0.15) is 48.8 Å². The Morgan fingerprint density at radius 3 is 2.25 bits per heavy atom. The molecule has 1 aliphatic carbocycles. The van der Waals surface area contributed by atoms with Crippen LogP contribution in [-0.2, 0) is 16.4 Å². The topological polar surface area (TPSA) is 154 Å². The summed E-state index contributed by atoms with van der Waals surface area (Å²) in [6.07, 6.45) is 4.74. The van der Waals surface area contributed by atoms with E-state index >= 15 is 0 Å². The molecule has 2 aromatic rings. The van der Waals surface area contributed by atoms with Crippen LogP contribution in [0.5, 0.6) is 0 Å². The summed E-state index contributed by atoms with van der Waals surface area (Å²) in [5, 5.41) is 16.4. The van der Waals surface area contributed by atoms with Gasteiger partial charge in [-0.25, -0.2) is 18.4 Å². The number of nitrogens with two attached hydrogens (primary N) is 1. The molecule has 2 heterocycles. The molecular formula is C24H35N7O4S. The molecule has 0 spiro atoms. The van der Waals surface area contributed by atoms with Crippen LogP contribution in [0.4, 0.5) is 23.0 Å². The molecule has 1 aromatic carbocycles. The van der Waals surface area contributed by atoms with Crippen LogP contribution in [0.2, 0.25) is 0 Å². The summed E-state index contributed by atoms with van der Waals surface area (Å²) in [6, 6.07) is 7.84. The number of carbonyl (C=O) groups is 1. The molecule has 1 saturated heterocycles. The Balaban J connectivity index is 1.50. The molecule has 11 nitrogen and oxygen atoms in total. The molecule has 12 heteroatoms. The van der Waals surface area contributed by atoms with Crippen LogP contribution in [0.25, 0.3) is 0 Å². The lowest BCUT2D eigenvalue weighted by Crippen LogP contribution is -2.48. The third-order valence-corrected chi connectivity index (χ3v) is 8.08. The van der Waals surface area contributed by atoms with Crippen molar-refractivity contribution in [3.63, 3.8) is 0 Å². The van der Waals surface area contributed by atoms with Crippen LogP contribution in [0.3, 0.4) is 0 Å². The average Bonchev–Trinajstić information content (AvgIpc) is 2.85. The highest BCUT2D eigenvalue weighted by Gasteiger charge is 2.24. The van der Waals surface area contributed by atoms with E-state index in [-0.39, 0.29) is 23.7 Å². The number of aliphatic hydroxyl groups is 1. The van der Waals surface area contributed by atoms with Gasteiger partial charge in [-0.05, 0) is 56.4 Å². The molecule has 0 bridgehead atoms. The second-order valence-electron chi connectivity index (χ2n) is 9.40. The van der Waals surface area contributed by atoms with E-state index in [0.29, 0.717) is 44.1 Å². The van der Waals surface area contributed by atoms with Gasteiger partial charge >= 0.3 is 0 Å². The van der Waals surface area contributed by atoms with Crippen molar-refractivity contribution >= 4 is 38.9 Å². The van der Waals surface area contributed by atoms with Crippen molar-refractivity contribution in [2.75, 3.05) is 48.0 Å². The van der Waals surface area contributed by atoms with Gasteiger partial charge < -0.3 is 26.4 Å². The zero-order valence-electron chi connectivity index (χ0n) is 20.8. The van der Waals surface area contributed by atoms with Crippen molar-refractivity contribution in [3.8, 4) is 0 Å². The summed E-state index contributed by atoms with van der Waals surface area (Å²) in [4.78, 5) is 23.5. The molecule has 0 unspecified atom stereocenters. The number of piperazine rings is 1. The lowest BCUT2D eigenvalue weighted by Gasteiger charge is -2.34. The van der Waals surface area contributed by atoms with Gasteiger partial charge in [0.15, 0.2) is 11.5 Å². The summed E-state index contributed by atoms with van der Waals surface area (Å²) in [7, 11) is -3.17. The fourth-order valence-electron chi connectivity index (χ4n) is 4.67. The van der Waals surface area contributed by atoms with Crippen LogP contribution in [0.15, 0.2) is 24.3 Å². The van der Waals surface area contributed by atoms with Gasteiger partial charge in [-0.1, -0.05) is 6.92 Å². The first-order valence-electron chi connectivity index (χ1n) is 12.4. The Kier molecular flexibility index (Phi) is 7.96. The molecule has 1 saturated carbocycles. The number of nitrogens with one attached hydrogen (secondary N) is 2. The van der Waals surface area contributed by atoms with Crippen molar-refractivity contribution in [2.45, 2.75) is 51.2 Å². The first kappa shape index (κ1) is 26.1. The minimum atomic E-state index is -3.17. The minimum Gasteiger partial charge on any atom is -0.393 e. The lowest BCUT2D eigenvalue weighted by atomic mass is 9.93. The molecule has 1 aliphatic heterocycles. The number of rotatable bonds is 8. The summed E-state index contributed by atoms with van der Waals surface area (Å²) >= 11 is 0. The molecule has 0 radical (unpaired) electrons. The van der Waals surface area contributed by atoms with Crippen LogP contribution in [0, 0.1) is 0 Å². The van der Waals surface area contributed by atoms with Gasteiger partial charge in [-0.15, -0.1) is 0 Å². The number of aromatic nitrogens is 2. The molecule has 196 valence electrons. The highest BCUT2D eigenvalue weighted by Crippen LogP contribution is 2.27. The van der Waals surface area contributed by atoms with Crippen molar-refractivity contribution in [3.05, 3.63) is 35.7 Å². The number of carbonyl (C=O) groups excluding carboxylic acids is 1. The zero-order chi connectivity index (χ0) is 25.9. The number of sulfonamides is 1. The summed E-state index contributed by atoms with van der Waals surface area (Å²) < 4.78 is 25.0.